The van der Waals surface area contributed by atoms with Gasteiger partial charge in [-0.3, -0.25) is 0 Å². The molecule has 0 aromatic carbocycles. The third-order valence-corrected chi connectivity index (χ3v) is 5.23. The van der Waals surface area contributed by atoms with E-state index in [9.17, 15) is 0 Å². The van der Waals surface area contributed by atoms with Gasteiger partial charge in [0, 0.05) is 37.1 Å². The van der Waals surface area contributed by atoms with E-state index in [2.05, 4.69) is 56.9 Å². The molecule has 2 aromatic rings. The molecule has 2 aliphatic rings. The van der Waals surface area contributed by atoms with Crippen LogP contribution in [0.1, 0.15) is 75.8 Å². The van der Waals surface area contributed by atoms with Crippen molar-refractivity contribution < 1.29 is 28.8 Å². The van der Waals surface area contributed by atoms with Crippen LogP contribution >= 0.6 is 0 Å². The Balaban J connectivity index is 0.000000208. The second-order valence-corrected chi connectivity index (χ2v) is 8.24. The molecule has 4 N–H and O–H groups in total. The van der Waals surface area contributed by atoms with Gasteiger partial charge in [-0.25, -0.2) is 9.59 Å². The molecule has 0 saturated heterocycles. The molecule has 36 heavy (non-hydrogen) atoms. The zero-order valence-corrected chi connectivity index (χ0v) is 21.0. The molecule has 0 unspecified atom stereocenters. The number of nitrogens with one attached hydrogen (secondary N) is 2. The first-order chi connectivity index (χ1) is 17.4. The monoisotopic (exact) mass is 504 g/mol. The summed E-state index contributed by atoms with van der Waals surface area (Å²) in [6.07, 6.45) is 12.8. The van der Waals surface area contributed by atoms with Crippen molar-refractivity contribution in [3.05, 3.63) is 35.6 Å². The highest BCUT2D eigenvalue weighted by atomic mass is 16.5. The van der Waals surface area contributed by atoms with Gasteiger partial charge in [0.2, 0.25) is 0 Å². The molecule has 0 aliphatic carbocycles. The van der Waals surface area contributed by atoms with E-state index in [4.69, 9.17) is 28.8 Å². The van der Waals surface area contributed by atoms with Gasteiger partial charge in [0.15, 0.2) is 11.6 Å². The summed E-state index contributed by atoms with van der Waals surface area (Å²) >= 11 is 0. The lowest BCUT2D eigenvalue weighted by Crippen LogP contribution is -2.21. The Hall–Kier alpha value is -3.38. The van der Waals surface area contributed by atoms with Gasteiger partial charge in [-0.1, -0.05) is 49.2 Å². The third kappa shape index (κ3) is 10.5. The van der Waals surface area contributed by atoms with Crippen LogP contribution in [0.3, 0.4) is 0 Å². The molecule has 0 atom stereocenters. The van der Waals surface area contributed by atoms with Gasteiger partial charge < -0.3 is 29.9 Å². The quantitative estimate of drug-likeness (QED) is 0.387. The fourth-order valence-electron chi connectivity index (χ4n) is 3.25. The Morgan fingerprint density at radius 1 is 0.806 bits per heavy atom. The molecule has 0 spiro atoms. The molecule has 0 radical (unpaired) electrons. The number of aliphatic carboxylic acids is 2. The number of aryl methyl sites for hydroxylation is 2. The normalized spacial score (nSPS) is 14.9. The average molecular weight is 505 g/mol. The third-order valence-electron chi connectivity index (χ3n) is 5.23. The molecule has 0 amide bonds. The first-order valence-corrected chi connectivity index (χ1v) is 12.4. The topological polar surface area (TPSA) is 176 Å². The Morgan fingerprint density at radius 3 is 1.53 bits per heavy atom. The van der Waals surface area contributed by atoms with Gasteiger partial charge in [-0.05, 0) is 38.8 Å². The molecule has 4 rings (SSSR count). The number of hydrogen-bond acceptors (Lipinski definition) is 10. The minimum absolute atomic E-state index is 0.688. The molecule has 198 valence electrons. The standard InChI is InChI=1S/2C11H17N3O.C2H2O4/c2*1-2-3-6-10-13-11(15-14-10)9-5-4-7-12-8-9;3-1(4)2(5)6/h2*5,12H,2-4,6-8H2,1H3;(H,3,4)(H,5,6). The van der Waals surface area contributed by atoms with Crippen molar-refractivity contribution in [2.45, 2.75) is 65.2 Å². The number of nitrogens with zero attached hydrogens (tertiary/aromatic N) is 4. The number of carbonyl (C=O) groups is 2. The minimum atomic E-state index is -1.82. The molecule has 12 nitrogen and oxygen atoms in total. The summed E-state index contributed by atoms with van der Waals surface area (Å²) < 4.78 is 10.5. The maximum absolute atomic E-state index is 9.10. The lowest BCUT2D eigenvalue weighted by molar-refractivity contribution is -0.159. The Labute approximate surface area is 210 Å². The highest BCUT2D eigenvalue weighted by molar-refractivity contribution is 6.27. The van der Waals surface area contributed by atoms with E-state index in [0.717, 1.165) is 100 Å². The smallest absolute Gasteiger partial charge is 0.414 e. The van der Waals surface area contributed by atoms with Crippen molar-refractivity contribution in [2.75, 3.05) is 26.2 Å². The Bertz CT molecular complexity index is 932. The summed E-state index contributed by atoms with van der Waals surface area (Å²) in [5, 5.41) is 29.3. The number of rotatable bonds is 8. The second-order valence-electron chi connectivity index (χ2n) is 8.24. The zero-order valence-electron chi connectivity index (χ0n) is 21.0. The lowest BCUT2D eigenvalue weighted by atomic mass is 10.1. The molecular formula is C24H36N6O6. The van der Waals surface area contributed by atoms with Crippen LogP contribution in [0, 0.1) is 0 Å². The van der Waals surface area contributed by atoms with Gasteiger partial charge >= 0.3 is 11.9 Å². The van der Waals surface area contributed by atoms with E-state index in [0.29, 0.717) is 11.8 Å². The van der Waals surface area contributed by atoms with Crippen molar-refractivity contribution >= 4 is 23.1 Å². The SMILES string of the molecule is CCCCc1noc(C2=CCCNC2)n1.CCCCc1noc(C2=CCCNC2)n1.O=C(O)C(=O)O. The van der Waals surface area contributed by atoms with Crippen LogP contribution in [0.5, 0.6) is 0 Å². The first kappa shape index (κ1) is 28.9. The van der Waals surface area contributed by atoms with E-state index in [-0.39, 0.29) is 0 Å². The number of carboxylic acid groups (broad SMARTS) is 2. The molecular weight excluding hydrogens is 468 g/mol. The first-order valence-electron chi connectivity index (χ1n) is 12.4. The molecule has 2 aromatic heterocycles. The maximum Gasteiger partial charge on any atom is 0.414 e. The van der Waals surface area contributed by atoms with Crippen LogP contribution in [-0.2, 0) is 22.4 Å². The van der Waals surface area contributed by atoms with Crippen LogP contribution in [0.15, 0.2) is 21.2 Å². The summed E-state index contributed by atoms with van der Waals surface area (Å²) in [6.45, 7) is 8.09. The highest BCUT2D eigenvalue weighted by Crippen LogP contribution is 2.16. The number of aromatic nitrogens is 4. The average Bonchev–Trinajstić information content (AvgIpc) is 3.58. The van der Waals surface area contributed by atoms with Crippen LogP contribution < -0.4 is 10.6 Å². The van der Waals surface area contributed by atoms with Gasteiger partial charge in [0.25, 0.3) is 11.8 Å². The Kier molecular flexibility index (Phi) is 13.1. The minimum Gasteiger partial charge on any atom is -0.473 e. The van der Waals surface area contributed by atoms with E-state index < -0.39 is 11.9 Å². The highest BCUT2D eigenvalue weighted by Gasteiger charge is 2.14. The summed E-state index contributed by atoms with van der Waals surface area (Å²) in [6, 6.07) is 0. The second kappa shape index (κ2) is 16.3. The number of carboxylic acids is 2. The predicted molar refractivity (Wildman–Crippen MR) is 132 cm³/mol. The van der Waals surface area contributed by atoms with E-state index in [1.807, 2.05) is 0 Å². The maximum atomic E-state index is 9.10. The van der Waals surface area contributed by atoms with Gasteiger partial charge in [0.1, 0.15) is 0 Å². The molecule has 0 fully saturated rings. The van der Waals surface area contributed by atoms with Crippen LogP contribution in [0.4, 0.5) is 0 Å². The van der Waals surface area contributed by atoms with Crippen molar-refractivity contribution in [1.82, 2.24) is 30.9 Å². The van der Waals surface area contributed by atoms with Crippen molar-refractivity contribution in [2.24, 2.45) is 0 Å². The van der Waals surface area contributed by atoms with E-state index in [1.54, 1.807) is 0 Å². The lowest BCUT2D eigenvalue weighted by Gasteiger charge is -2.09. The van der Waals surface area contributed by atoms with Gasteiger partial charge in [-0.2, -0.15) is 9.97 Å². The van der Waals surface area contributed by atoms with Crippen molar-refractivity contribution in [3.8, 4) is 0 Å². The summed E-state index contributed by atoms with van der Waals surface area (Å²) in [7, 11) is 0. The van der Waals surface area contributed by atoms with Crippen molar-refractivity contribution in [3.63, 3.8) is 0 Å². The predicted octanol–water partition coefficient (Wildman–Crippen LogP) is 2.73. The number of unbranched alkanes of at least 4 members (excludes halogenated alkanes) is 2. The van der Waals surface area contributed by atoms with E-state index >= 15 is 0 Å². The van der Waals surface area contributed by atoms with Crippen LogP contribution in [-0.4, -0.2) is 68.6 Å². The number of hydrogen-bond donors (Lipinski definition) is 4. The molecule has 2 aliphatic heterocycles. The summed E-state index contributed by atoms with van der Waals surface area (Å²) in [5.41, 5.74) is 2.27. The molecule has 4 heterocycles. The van der Waals surface area contributed by atoms with Gasteiger partial charge in [-0.15, -0.1) is 0 Å². The van der Waals surface area contributed by atoms with E-state index in [1.165, 1.54) is 0 Å². The molecule has 0 bridgehead atoms. The molecule has 12 heteroatoms. The van der Waals surface area contributed by atoms with Crippen LogP contribution in [0.2, 0.25) is 0 Å². The fourth-order valence-corrected chi connectivity index (χ4v) is 3.25. The summed E-state index contributed by atoms with van der Waals surface area (Å²) in [4.78, 5) is 27.0. The Morgan fingerprint density at radius 2 is 1.22 bits per heavy atom. The fraction of sp³-hybridized carbons (Fsp3) is 0.583. The molecule has 0 saturated carbocycles. The summed E-state index contributed by atoms with van der Waals surface area (Å²) in [5.74, 6) is -0.608. The largest absolute Gasteiger partial charge is 0.473 e. The zero-order chi connectivity index (χ0) is 26.2. The van der Waals surface area contributed by atoms with Crippen LogP contribution in [0.25, 0.3) is 11.1 Å². The van der Waals surface area contributed by atoms with Gasteiger partial charge in [0.05, 0.1) is 0 Å². The van der Waals surface area contributed by atoms with Crippen molar-refractivity contribution in [1.29, 1.82) is 0 Å².